The topological polar surface area (TPSA) is 65.0 Å². The maximum atomic E-state index is 12.9. The minimum absolute atomic E-state index is 0.0372. The summed E-state index contributed by atoms with van der Waals surface area (Å²) in [5.74, 6) is 0.332. The van der Waals surface area contributed by atoms with Gasteiger partial charge in [0, 0.05) is 19.1 Å². The lowest BCUT2D eigenvalue weighted by Gasteiger charge is -2.39. The van der Waals surface area contributed by atoms with Crippen LogP contribution in [-0.4, -0.2) is 72.4 Å². The number of piperidine rings is 1. The quantitative estimate of drug-likeness (QED) is 0.724. The highest BCUT2D eigenvalue weighted by Gasteiger charge is 2.32. The molecule has 2 N–H and O–H groups in total. The van der Waals surface area contributed by atoms with E-state index in [4.69, 9.17) is 4.74 Å². The molecule has 2 amide bonds. The van der Waals surface area contributed by atoms with E-state index in [1.165, 1.54) is 25.0 Å². The Balaban J connectivity index is 1.28. The van der Waals surface area contributed by atoms with Gasteiger partial charge in [-0.25, -0.2) is 9.18 Å². The zero-order valence-corrected chi connectivity index (χ0v) is 15.1. The van der Waals surface area contributed by atoms with E-state index in [2.05, 4.69) is 10.2 Å². The van der Waals surface area contributed by atoms with Crippen LogP contribution in [0.2, 0.25) is 0 Å². The molecule has 7 heteroatoms. The molecule has 2 aliphatic rings. The fourth-order valence-electron chi connectivity index (χ4n) is 3.53. The minimum Gasteiger partial charge on any atom is -0.487 e. The zero-order chi connectivity index (χ0) is 18.4. The number of urea groups is 1. The van der Waals surface area contributed by atoms with Gasteiger partial charge in [-0.3, -0.25) is 4.90 Å². The number of hydrogen-bond acceptors (Lipinski definition) is 4. The van der Waals surface area contributed by atoms with Crippen LogP contribution in [0, 0.1) is 5.82 Å². The van der Waals surface area contributed by atoms with E-state index >= 15 is 0 Å². The average molecular weight is 365 g/mol. The van der Waals surface area contributed by atoms with Crippen LogP contribution in [0.4, 0.5) is 9.18 Å². The van der Waals surface area contributed by atoms with Crippen LogP contribution < -0.4 is 10.1 Å². The number of carbonyl (C=O) groups excluding carboxylic acids is 1. The normalized spacial score (nSPS) is 21.3. The third-order valence-corrected chi connectivity index (χ3v) is 5.11. The van der Waals surface area contributed by atoms with E-state index in [9.17, 15) is 14.3 Å². The molecule has 3 rings (SSSR count). The summed E-state index contributed by atoms with van der Waals surface area (Å²) >= 11 is 0. The molecule has 0 aliphatic carbocycles. The molecule has 1 aromatic carbocycles. The first-order valence-corrected chi connectivity index (χ1v) is 9.45. The second kappa shape index (κ2) is 9.19. The van der Waals surface area contributed by atoms with Crippen molar-refractivity contribution in [2.45, 2.75) is 37.8 Å². The van der Waals surface area contributed by atoms with Gasteiger partial charge in [0.05, 0.1) is 19.7 Å². The Kier molecular flexibility index (Phi) is 6.68. The first kappa shape index (κ1) is 18.9. The lowest BCUT2D eigenvalue weighted by atomic mass is 10.0. The van der Waals surface area contributed by atoms with E-state index in [1.807, 2.05) is 0 Å². The highest BCUT2D eigenvalue weighted by Crippen LogP contribution is 2.19. The summed E-state index contributed by atoms with van der Waals surface area (Å²) in [4.78, 5) is 16.1. The van der Waals surface area contributed by atoms with Crippen LogP contribution >= 0.6 is 0 Å². The van der Waals surface area contributed by atoms with Crippen LogP contribution in [0.3, 0.4) is 0 Å². The van der Waals surface area contributed by atoms with Gasteiger partial charge in [0.25, 0.3) is 0 Å². The predicted molar refractivity (Wildman–Crippen MR) is 96.7 cm³/mol. The number of benzene rings is 1. The van der Waals surface area contributed by atoms with Crippen LogP contribution in [-0.2, 0) is 0 Å². The molecular weight excluding hydrogens is 337 g/mol. The van der Waals surface area contributed by atoms with Gasteiger partial charge < -0.3 is 20.1 Å². The summed E-state index contributed by atoms with van der Waals surface area (Å²) in [6, 6.07) is 6.13. The summed E-state index contributed by atoms with van der Waals surface area (Å²) in [7, 11) is 0. The summed E-state index contributed by atoms with van der Waals surface area (Å²) in [5.41, 5.74) is 0. The van der Waals surface area contributed by atoms with E-state index in [1.54, 1.807) is 17.0 Å². The molecule has 6 nitrogen and oxygen atoms in total. The van der Waals surface area contributed by atoms with Crippen molar-refractivity contribution >= 4 is 6.03 Å². The van der Waals surface area contributed by atoms with Gasteiger partial charge >= 0.3 is 6.03 Å². The molecule has 0 radical (unpaired) electrons. The van der Waals surface area contributed by atoms with Gasteiger partial charge in [-0.05, 0) is 50.1 Å². The molecule has 1 aromatic rings. The number of nitrogens with one attached hydrogen (secondary N) is 1. The summed E-state index contributed by atoms with van der Waals surface area (Å²) in [6.45, 7) is 3.88. The van der Waals surface area contributed by atoms with E-state index in [0.29, 0.717) is 25.4 Å². The number of aliphatic hydroxyl groups excluding tert-OH is 1. The molecule has 26 heavy (non-hydrogen) atoms. The van der Waals surface area contributed by atoms with Crippen molar-refractivity contribution in [2.75, 3.05) is 39.3 Å². The molecule has 0 spiro atoms. The van der Waals surface area contributed by atoms with Gasteiger partial charge in [0.15, 0.2) is 0 Å². The highest BCUT2D eigenvalue weighted by molar-refractivity contribution is 5.75. The Hall–Kier alpha value is -1.86. The van der Waals surface area contributed by atoms with Crippen LogP contribution in [0.5, 0.6) is 5.75 Å². The largest absolute Gasteiger partial charge is 0.487 e. The Morgan fingerprint density at radius 1 is 1.27 bits per heavy atom. The summed E-state index contributed by atoms with van der Waals surface area (Å²) < 4.78 is 18.6. The molecule has 2 aliphatic heterocycles. The van der Waals surface area contributed by atoms with Crippen molar-refractivity contribution in [3.63, 3.8) is 0 Å². The first-order chi connectivity index (χ1) is 12.7. The molecular formula is C19H28FN3O3. The summed E-state index contributed by atoms with van der Waals surface area (Å²) in [5, 5.41) is 12.4. The van der Waals surface area contributed by atoms with Gasteiger partial charge in [-0.15, -0.1) is 0 Å². The SMILES string of the molecule is O=C(NCCCN1CCCCC1CO)N1CC(Oc2ccc(F)cc2)C1. The maximum absolute atomic E-state index is 12.9. The fourth-order valence-corrected chi connectivity index (χ4v) is 3.53. The smallest absolute Gasteiger partial charge is 0.317 e. The van der Waals surface area contributed by atoms with E-state index in [0.717, 1.165) is 25.9 Å². The van der Waals surface area contributed by atoms with Crippen molar-refractivity contribution in [1.29, 1.82) is 0 Å². The maximum Gasteiger partial charge on any atom is 0.317 e. The number of nitrogens with zero attached hydrogens (tertiary/aromatic N) is 2. The van der Waals surface area contributed by atoms with Crippen molar-refractivity contribution in [3.8, 4) is 5.75 Å². The third kappa shape index (κ3) is 5.08. The Labute approximate surface area is 153 Å². The number of halogens is 1. The second-order valence-electron chi connectivity index (χ2n) is 7.05. The Morgan fingerprint density at radius 2 is 2.04 bits per heavy atom. The zero-order valence-electron chi connectivity index (χ0n) is 15.1. The number of hydrogen-bond donors (Lipinski definition) is 2. The van der Waals surface area contributed by atoms with Crippen molar-refractivity contribution < 1.29 is 19.0 Å². The lowest BCUT2D eigenvalue weighted by Crippen LogP contribution is -2.59. The average Bonchev–Trinajstić information content (AvgIpc) is 2.63. The molecule has 0 saturated carbocycles. The van der Waals surface area contributed by atoms with Crippen LogP contribution in [0.25, 0.3) is 0 Å². The van der Waals surface area contributed by atoms with Crippen molar-refractivity contribution in [1.82, 2.24) is 15.1 Å². The van der Waals surface area contributed by atoms with Crippen LogP contribution in [0.1, 0.15) is 25.7 Å². The van der Waals surface area contributed by atoms with Gasteiger partial charge in [-0.1, -0.05) is 6.42 Å². The monoisotopic (exact) mass is 365 g/mol. The van der Waals surface area contributed by atoms with Gasteiger partial charge in [0.1, 0.15) is 17.7 Å². The Bertz CT molecular complexity index is 578. The molecule has 2 heterocycles. The number of carbonyl (C=O) groups is 1. The molecule has 1 unspecified atom stereocenters. The molecule has 2 saturated heterocycles. The number of rotatable bonds is 7. The van der Waals surface area contributed by atoms with Gasteiger partial charge in [-0.2, -0.15) is 0 Å². The van der Waals surface area contributed by atoms with E-state index in [-0.39, 0.29) is 30.6 Å². The van der Waals surface area contributed by atoms with Gasteiger partial charge in [0.2, 0.25) is 0 Å². The molecule has 2 fully saturated rings. The number of amides is 2. The molecule has 0 aromatic heterocycles. The highest BCUT2D eigenvalue weighted by atomic mass is 19.1. The lowest BCUT2D eigenvalue weighted by molar-refractivity contribution is 0.0441. The standard InChI is InChI=1S/C19H28FN3O3/c20-15-5-7-17(8-6-15)26-18-12-23(13-18)19(25)21-9-3-11-22-10-2-1-4-16(22)14-24/h5-8,16,18,24H,1-4,9-14H2,(H,21,25). The number of ether oxygens (including phenoxy) is 1. The first-order valence-electron chi connectivity index (χ1n) is 9.45. The molecule has 0 bridgehead atoms. The fraction of sp³-hybridized carbons (Fsp3) is 0.632. The van der Waals surface area contributed by atoms with E-state index < -0.39 is 0 Å². The van der Waals surface area contributed by atoms with Crippen molar-refractivity contribution in [2.24, 2.45) is 0 Å². The molecule has 144 valence electrons. The number of aliphatic hydroxyl groups is 1. The predicted octanol–water partition coefficient (Wildman–Crippen LogP) is 1.84. The minimum atomic E-state index is -0.290. The van der Waals surface area contributed by atoms with Crippen LogP contribution in [0.15, 0.2) is 24.3 Å². The molecule has 1 atom stereocenters. The number of likely N-dealkylation sites (tertiary alicyclic amines) is 2. The van der Waals surface area contributed by atoms with Crippen molar-refractivity contribution in [3.05, 3.63) is 30.1 Å². The third-order valence-electron chi connectivity index (χ3n) is 5.11. The summed E-state index contributed by atoms with van der Waals surface area (Å²) in [6.07, 6.45) is 4.28. The second-order valence-corrected chi connectivity index (χ2v) is 7.05. The Morgan fingerprint density at radius 3 is 2.77 bits per heavy atom.